The monoisotopic (exact) mass is 498 g/mol. The molecule has 17 heteroatoms. The van der Waals surface area contributed by atoms with E-state index in [1.54, 1.807) is 0 Å². The van der Waals surface area contributed by atoms with Crippen molar-refractivity contribution >= 4 is 39.0 Å². The number of ketones is 5. The number of halogens is 3. The highest BCUT2D eigenvalue weighted by Crippen LogP contribution is 2.34. The topological polar surface area (TPSA) is 241 Å². The Hall–Kier alpha value is -2.15. The van der Waals surface area contributed by atoms with E-state index in [0.29, 0.717) is 20.8 Å². The Bertz CT molecular complexity index is 881. The summed E-state index contributed by atoms with van der Waals surface area (Å²) in [6, 6.07) is 0. The van der Waals surface area contributed by atoms with Gasteiger partial charge >= 0.3 is 15.6 Å². The van der Waals surface area contributed by atoms with Gasteiger partial charge in [0.25, 0.3) is 0 Å². The van der Waals surface area contributed by atoms with E-state index in [1.807, 2.05) is 0 Å². The van der Waals surface area contributed by atoms with Crippen LogP contribution in [0.15, 0.2) is 0 Å². The zero-order chi connectivity index (χ0) is 26.6. The van der Waals surface area contributed by atoms with E-state index in [4.69, 9.17) is 13.0 Å². The molecule has 13 nitrogen and oxygen atoms in total. The van der Waals surface area contributed by atoms with Crippen molar-refractivity contribution in [3.05, 3.63) is 0 Å². The van der Waals surface area contributed by atoms with Crippen LogP contribution in [0.3, 0.4) is 0 Å². The van der Waals surface area contributed by atoms with E-state index >= 15 is 0 Å². The van der Waals surface area contributed by atoms with Gasteiger partial charge in [0, 0.05) is 6.92 Å². The number of hydrogen-bond acceptors (Lipinski definition) is 12. The molecule has 0 saturated heterocycles. The molecule has 0 heterocycles. The number of hydrogen-bond donors (Lipinski definition) is 6. The molecule has 5 atom stereocenters. The Morgan fingerprint density at radius 3 is 1.28 bits per heavy atom. The van der Waals surface area contributed by atoms with Crippen LogP contribution in [0.4, 0.5) is 13.2 Å². The number of alkyl halides is 3. The highest BCUT2D eigenvalue weighted by Gasteiger charge is 2.67. The predicted octanol–water partition coefficient (Wildman–Crippen LogP) is -3.15. The molecule has 0 aliphatic rings. The maximum Gasteiger partial charge on any atom is 0.522 e. The molecule has 0 aliphatic carbocycles. The predicted molar refractivity (Wildman–Crippen MR) is 93.3 cm³/mol. The molecule has 0 spiro atoms. The highest BCUT2D eigenvalue weighted by molar-refractivity contribution is 7.86. The lowest BCUT2D eigenvalue weighted by Gasteiger charge is -2.45. The Morgan fingerprint density at radius 1 is 0.781 bits per heavy atom. The first-order valence-electron chi connectivity index (χ1n) is 8.02. The van der Waals surface area contributed by atoms with Gasteiger partial charge in [0.2, 0.25) is 5.78 Å². The van der Waals surface area contributed by atoms with Crippen molar-refractivity contribution in [1.82, 2.24) is 0 Å². The average Bonchev–Trinajstić information content (AvgIpc) is 2.62. The van der Waals surface area contributed by atoms with Crippen molar-refractivity contribution in [2.45, 2.75) is 62.7 Å². The van der Waals surface area contributed by atoms with Gasteiger partial charge in [-0.3, -0.25) is 28.5 Å². The Morgan fingerprint density at radius 2 is 1.09 bits per heavy atom. The van der Waals surface area contributed by atoms with Crippen LogP contribution in [0, 0.1) is 0 Å². The molecule has 32 heavy (non-hydrogen) atoms. The minimum absolute atomic E-state index is 0.567. The first-order chi connectivity index (χ1) is 13.9. The van der Waals surface area contributed by atoms with Crippen LogP contribution in [-0.2, 0) is 34.1 Å². The minimum atomic E-state index is -5.84. The highest BCUT2D eigenvalue weighted by atomic mass is 32.2. The SMILES string of the molecule is CC(=O)C(=O)C(O)C(O)(C(C)=O)C(O)(C(C)=O)C(O)C(O)C(C)=O.O=S(=O)(O)C(F)(F)F. The molecule has 5 unspecified atom stereocenters. The zero-order valence-electron chi connectivity index (χ0n) is 16.8. The van der Waals surface area contributed by atoms with Crippen LogP contribution in [0.1, 0.15) is 27.7 Å². The largest absolute Gasteiger partial charge is 0.522 e. The quantitative estimate of drug-likeness (QED) is 0.105. The fraction of sp³-hybridized carbons (Fsp3) is 0.667. The average molecular weight is 498 g/mol. The molecule has 0 aromatic heterocycles. The summed E-state index contributed by atoms with van der Waals surface area (Å²) in [6.45, 7) is 2.62. The van der Waals surface area contributed by atoms with Gasteiger partial charge in [-0.25, -0.2) is 0 Å². The summed E-state index contributed by atoms with van der Waals surface area (Å²) in [6.07, 6.45) is -8.12. The fourth-order valence-corrected chi connectivity index (χ4v) is 2.20. The van der Waals surface area contributed by atoms with Gasteiger partial charge in [-0.15, -0.1) is 0 Å². The molecule has 0 aromatic rings. The van der Waals surface area contributed by atoms with Crippen LogP contribution in [-0.4, -0.2) is 102 Å². The number of rotatable bonds is 9. The minimum Gasteiger partial charge on any atom is -0.386 e. The molecule has 0 radical (unpaired) electrons. The van der Waals surface area contributed by atoms with Crippen molar-refractivity contribution in [2.24, 2.45) is 0 Å². The molecule has 186 valence electrons. The number of aliphatic hydroxyl groups excluding tert-OH is 3. The summed E-state index contributed by atoms with van der Waals surface area (Å²) < 4.78 is 57.5. The standard InChI is InChI=1S/C14H20O10.CHF3O3S/c1-5(15)9(19)11(21)13(23,7(3)17)14(24,8(4)18)12(22)10(20)6(2)16;2-1(3,4)8(5,6)7/h9,11-12,19,21-24H,1-4H3;(H,5,6,7). The van der Waals surface area contributed by atoms with Crippen molar-refractivity contribution in [3.63, 3.8) is 0 Å². The lowest BCUT2D eigenvalue weighted by Crippen LogP contribution is -2.76. The second-order valence-electron chi connectivity index (χ2n) is 6.39. The summed E-state index contributed by atoms with van der Waals surface area (Å²) in [5, 5.41) is 50.4. The third-order valence-corrected chi connectivity index (χ3v) is 4.67. The summed E-state index contributed by atoms with van der Waals surface area (Å²) >= 11 is 0. The van der Waals surface area contributed by atoms with E-state index in [1.165, 1.54) is 0 Å². The van der Waals surface area contributed by atoms with Crippen LogP contribution in [0.2, 0.25) is 0 Å². The summed E-state index contributed by atoms with van der Waals surface area (Å²) in [5.41, 5.74) is -12.9. The van der Waals surface area contributed by atoms with Gasteiger partial charge in [0.05, 0.1) is 0 Å². The molecule has 0 bridgehead atoms. The first-order valence-corrected chi connectivity index (χ1v) is 9.46. The second-order valence-corrected chi connectivity index (χ2v) is 7.80. The fourth-order valence-electron chi connectivity index (χ4n) is 2.20. The summed E-state index contributed by atoms with van der Waals surface area (Å²) in [7, 11) is -5.84. The second kappa shape index (κ2) is 10.6. The van der Waals surface area contributed by atoms with Gasteiger partial charge in [-0.2, -0.15) is 21.6 Å². The number of aliphatic hydroxyl groups is 5. The number of carbonyl (C=O) groups is 5. The number of Topliss-reactive ketones (excluding diaryl/α,β-unsaturated/α-hetero) is 5. The van der Waals surface area contributed by atoms with E-state index in [2.05, 4.69) is 0 Å². The van der Waals surface area contributed by atoms with E-state index in [-0.39, 0.29) is 0 Å². The maximum atomic E-state index is 11.8. The Kier molecular flexibility index (Phi) is 10.7. The maximum absolute atomic E-state index is 11.8. The molecule has 0 amide bonds. The van der Waals surface area contributed by atoms with Gasteiger partial charge < -0.3 is 25.5 Å². The smallest absolute Gasteiger partial charge is 0.386 e. The van der Waals surface area contributed by atoms with E-state index in [9.17, 15) is 62.7 Å². The molecular weight excluding hydrogens is 477 g/mol. The molecule has 0 aliphatic heterocycles. The molecule has 6 N–H and O–H groups in total. The number of carbonyl (C=O) groups excluding carboxylic acids is 5. The van der Waals surface area contributed by atoms with Crippen LogP contribution < -0.4 is 0 Å². The van der Waals surface area contributed by atoms with Crippen molar-refractivity contribution in [3.8, 4) is 0 Å². The van der Waals surface area contributed by atoms with Gasteiger partial charge in [-0.05, 0) is 20.8 Å². The van der Waals surface area contributed by atoms with Gasteiger partial charge in [-0.1, -0.05) is 0 Å². The molecule has 0 aromatic carbocycles. The normalized spacial score (nSPS) is 18.5. The van der Waals surface area contributed by atoms with Crippen molar-refractivity contribution in [2.75, 3.05) is 0 Å². The molecular formula is C15H21F3O13S. The van der Waals surface area contributed by atoms with Crippen LogP contribution >= 0.6 is 0 Å². The molecule has 0 saturated carbocycles. The summed E-state index contributed by atoms with van der Waals surface area (Å²) in [4.78, 5) is 57.6. The third kappa shape index (κ3) is 6.44. The van der Waals surface area contributed by atoms with Gasteiger partial charge in [0.15, 0.2) is 40.4 Å². The lowest BCUT2D eigenvalue weighted by molar-refractivity contribution is -0.234. The first kappa shape index (κ1) is 32.0. The van der Waals surface area contributed by atoms with Crippen LogP contribution in [0.5, 0.6) is 0 Å². The zero-order valence-corrected chi connectivity index (χ0v) is 17.6. The molecule has 0 fully saturated rings. The third-order valence-electron chi connectivity index (χ3n) is 4.08. The van der Waals surface area contributed by atoms with E-state index < -0.39 is 74.1 Å². The lowest BCUT2D eigenvalue weighted by atomic mass is 9.68. The Labute approximate surface area is 178 Å². The van der Waals surface area contributed by atoms with Crippen LogP contribution in [0.25, 0.3) is 0 Å². The molecule has 0 rings (SSSR count). The van der Waals surface area contributed by atoms with E-state index in [0.717, 1.165) is 6.92 Å². The Balaban J connectivity index is 0. The summed E-state index contributed by atoms with van der Waals surface area (Å²) in [5.74, 6) is -7.27. The van der Waals surface area contributed by atoms with Crippen molar-refractivity contribution < 1.29 is 75.6 Å². The van der Waals surface area contributed by atoms with Crippen molar-refractivity contribution in [1.29, 1.82) is 0 Å². The van der Waals surface area contributed by atoms with Gasteiger partial charge in [0.1, 0.15) is 12.2 Å².